The summed E-state index contributed by atoms with van der Waals surface area (Å²) < 4.78 is 2.71. The van der Waals surface area contributed by atoms with Crippen LogP contribution in [0.4, 0.5) is 0 Å². The third kappa shape index (κ3) is 3.36. The van der Waals surface area contributed by atoms with Gasteiger partial charge in [0.1, 0.15) is 0 Å². The maximum Gasteiger partial charge on any atom is 0.0434 e. The van der Waals surface area contributed by atoms with E-state index in [0.29, 0.717) is 0 Å². The van der Waals surface area contributed by atoms with Crippen LogP contribution in [0.1, 0.15) is 11.1 Å². The molecule has 1 heteroatoms. The lowest BCUT2D eigenvalue weighted by Crippen LogP contribution is -1.83. The maximum atomic E-state index is 2.41. The largest absolute Gasteiger partial charge is 0.134 e. The summed E-state index contributed by atoms with van der Waals surface area (Å²) in [5.74, 6) is 0. The van der Waals surface area contributed by atoms with Gasteiger partial charge in [0.15, 0.2) is 0 Å². The van der Waals surface area contributed by atoms with Gasteiger partial charge in [0.25, 0.3) is 0 Å². The molecule has 0 spiro atoms. The van der Waals surface area contributed by atoms with Crippen LogP contribution < -0.4 is 0 Å². The molecule has 38 heavy (non-hydrogen) atoms. The van der Waals surface area contributed by atoms with E-state index < -0.39 is 0 Å². The van der Waals surface area contributed by atoms with Gasteiger partial charge in [-0.25, -0.2) is 0 Å². The maximum absolute atomic E-state index is 2.41. The molecule has 0 saturated heterocycles. The molecule has 0 saturated carbocycles. The number of thiophene rings is 1. The smallest absolute Gasteiger partial charge is 0.0434 e. The minimum absolute atomic E-state index is 1.03. The Bertz CT molecular complexity index is 1990. The molecule has 0 atom stereocenters. The third-order valence-electron chi connectivity index (χ3n) is 7.91. The SMILES string of the molecule is c1ccc(-c2cccc(-c3cccc4c3sc3c(-c5ccc6c(c5)-c5ccccc5C6)cccc34)c2)cc1. The van der Waals surface area contributed by atoms with Crippen molar-refractivity contribution < 1.29 is 0 Å². The Morgan fingerprint density at radius 3 is 1.74 bits per heavy atom. The fourth-order valence-corrected chi connectivity index (χ4v) is 7.43. The van der Waals surface area contributed by atoms with Crippen LogP contribution in [0, 0.1) is 0 Å². The standard InChI is InChI=1S/C37H24S/c1-2-9-24(10-3-1)25-12-6-13-27(21-25)31-15-7-17-33-34-18-8-16-32(37(34)38-36(31)33)29-20-19-28-22-26-11-4-5-14-30(26)35(28)23-29/h1-21,23H,22H2. The van der Waals surface area contributed by atoms with Crippen LogP contribution in [-0.4, -0.2) is 0 Å². The second kappa shape index (κ2) is 8.55. The van der Waals surface area contributed by atoms with Gasteiger partial charge in [0.2, 0.25) is 0 Å². The first-order valence-corrected chi connectivity index (χ1v) is 14.0. The average molecular weight is 501 g/mol. The summed E-state index contributed by atoms with van der Waals surface area (Å²) in [7, 11) is 0. The molecule has 6 aromatic carbocycles. The fourth-order valence-electron chi connectivity index (χ4n) is 6.06. The van der Waals surface area contributed by atoms with E-state index in [0.717, 1.165) is 6.42 Å². The highest BCUT2D eigenvalue weighted by atomic mass is 32.1. The van der Waals surface area contributed by atoms with Crippen molar-refractivity contribution >= 4 is 31.5 Å². The van der Waals surface area contributed by atoms with Crippen LogP contribution >= 0.6 is 11.3 Å². The lowest BCUT2D eigenvalue weighted by atomic mass is 9.96. The van der Waals surface area contributed by atoms with Crippen molar-refractivity contribution in [1.82, 2.24) is 0 Å². The molecule has 0 aliphatic heterocycles. The first-order valence-electron chi connectivity index (χ1n) is 13.2. The zero-order chi connectivity index (χ0) is 25.1. The molecule has 0 N–H and O–H groups in total. The predicted molar refractivity (Wildman–Crippen MR) is 164 cm³/mol. The molecular weight excluding hydrogens is 476 g/mol. The van der Waals surface area contributed by atoms with Crippen LogP contribution in [-0.2, 0) is 6.42 Å². The van der Waals surface area contributed by atoms with Gasteiger partial charge in [-0.3, -0.25) is 0 Å². The Morgan fingerprint density at radius 1 is 0.368 bits per heavy atom. The van der Waals surface area contributed by atoms with Crippen molar-refractivity contribution in [3.05, 3.63) is 145 Å². The van der Waals surface area contributed by atoms with E-state index in [4.69, 9.17) is 0 Å². The van der Waals surface area contributed by atoms with Crippen molar-refractivity contribution in [3.63, 3.8) is 0 Å². The van der Waals surface area contributed by atoms with Crippen LogP contribution in [0.15, 0.2) is 133 Å². The Hall–Kier alpha value is -4.46. The molecule has 0 unspecified atom stereocenters. The monoisotopic (exact) mass is 500 g/mol. The van der Waals surface area contributed by atoms with Crippen LogP contribution in [0.2, 0.25) is 0 Å². The Morgan fingerprint density at radius 2 is 0.947 bits per heavy atom. The normalized spacial score (nSPS) is 12.1. The van der Waals surface area contributed by atoms with E-state index in [1.807, 2.05) is 11.3 Å². The molecule has 178 valence electrons. The molecule has 1 aromatic heterocycles. The summed E-state index contributed by atoms with van der Waals surface area (Å²) in [6.07, 6.45) is 1.03. The zero-order valence-electron chi connectivity index (χ0n) is 20.8. The highest BCUT2D eigenvalue weighted by molar-refractivity contribution is 7.26. The molecule has 0 bridgehead atoms. The van der Waals surface area contributed by atoms with Gasteiger partial charge in [-0.1, -0.05) is 121 Å². The highest BCUT2D eigenvalue weighted by Gasteiger charge is 2.20. The minimum atomic E-state index is 1.03. The molecule has 0 amide bonds. The van der Waals surface area contributed by atoms with Gasteiger partial charge in [-0.15, -0.1) is 11.3 Å². The van der Waals surface area contributed by atoms with Crippen molar-refractivity contribution in [3.8, 4) is 44.5 Å². The number of rotatable bonds is 3. The van der Waals surface area contributed by atoms with E-state index in [9.17, 15) is 0 Å². The number of hydrogen-bond donors (Lipinski definition) is 0. The van der Waals surface area contributed by atoms with Crippen molar-refractivity contribution in [2.24, 2.45) is 0 Å². The molecule has 8 rings (SSSR count). The van der Waals surface area contributed by atoms with Crippen molar-refractivity contribution in [2.45, 2.75) is 6.42 Å². The summed E-state index contributed by atoms with van der Waals surface area (Å²) in [5, 5.41) is 2.67. The summed E-state index contributed by atoms with van der Waals surface area (Å²) >= 11 is 1.93. The van der Waals surface area contributed by atoms with Crippen LogP contribution in [0.25, 0.3) is 64.7 Å². The average Bonchev–Trinajstić information content (AvgIpc) is 3.56. The summed E-state index contributed by atoms with van der Waals surface area (Å²) in [4.78, 5) is 0. The Kier molecular flexibility index (Phi) is 4.86. The van der Waals surface area contributed by atoms with Gasteiger partial charge in [-0.2, -0.15) is 0 Å². The second-order valence-electron chi connectivity index (χ2n) is 10.1. The molecule has 0 fully saturated rings. The number of benzene rings is 6. The van der Waals surface area contributed by atoms with Gasteiger partial charge in [0.05, 0.1) is 0 Å². The summed E-state index contributed by atoms with van der Waals surface area (Å²) in [5.41, 5.74) is 13.3. The Balaban J connectivity index is 1.30. The first kappa shape index (κ1) is 21.6. The zero-order valence-corrected chi connectivity index (χ0v) is 21.6. The second-order valence-corrected chi connectivity index (χ2v) is 11.1. The van der Waals surface area contributed by atoms with Crippen molar-refractivity contribution in [2.75, 3.05) is 0 Å². The summed E-state index contributed by atoms with van der Waals surface area (Å²) in [6, 6.07) is 49.0. The number of fused-ring (bicyclic) bond motifs is 6. The number of hydrogen-bond acceptors (Lipinski definition) is 1. The topological polar surface area (TPSA) is 0 Å². The third-order valence-corrected chi connectivity index (χ3v) is 9.20. The van der Waals surface area contributed by atoms with E-state index in [1.54, 1.807) is 0 Å². The van der Waals surface area contributed by atoms with Crippen molar-refractivity contribution in [1.29, 1.82) is 0 Å². The molecule has 0 radical (unpaired) electrons. The summed E-state index contributed by atoms with van der Waals surface area (Å²) in [6.45, 7) is 0. The molecule has 7 aromatic rings. The van der Waals surface area contributed by atoms with Gasteiger partial charge >= 0.3 is 0 Å². The van der Waals surface area contributed by atoms with Crippen LogP contribution in [0.3, 0.4) is 0 Å². The lowest BCUT2D eigenvalue weighted by Gasteiger charge is -2.07. The van der Waals surface area contributed by atoms with Gasteiger partial charge in [-0.05, 0) is 74.2 Å². The molecule has 1 aliphatic carbocycles. The lowest BCUT2D eigenvalue weighted by molar-refractivity contribution is 1.26. The molecule has 0 nitrogen and oxygen atoms in total. The van der Waals surface area contributed by atoms with Gasteiger partial charge < -0.3 is 0 Å². The minimum Gasteiger partial charge on any atom is -0.134 e. The van der Waals surface area contributed by atoms with E-state index in [1.165, 1.54) is 75.8 Å². The molecule has 1 aliphatic rings. The molecular formula is C37H24S. The predicted octanol–water partition coefficient (Wildman–Crippen LogP) is 10.6. The van der Waals surface area contributed by atoms with E-state index >= 15 is 0 Å². The van der Waals surface area contributed by atoms with Crippen LogP contribution in [0.5, 0.6) is 0 Å². The van der Waals surface area contributed by atoms with E-state index in [-0.39, 0.29) is 0 Å². The highest BCUT2D eigenvalue weighted by Crippen LogP contribution is 2.45. The quantitative estimate of drug-likeness (QED) is 0.226. The fraction of sp³-hybridized carbons (Fsp3) is 0.0270. The van der Waals surface area contributed by atoms with E-state index in [2.05, 4.69) is 133 Å². The Labute approximate surface area is 226 Å². The molecule has 1 heterocycles. The van der Waals surface area contributed by atoms with Gasteiger partial charge in [0, 0.05) is 20.2 Å². The first-order chi connectivity index (χ1) is 18.8.